The summed E-state index contributed by atoms with van der Waals surface area (Å²) in [6, 6.07) is 20.3. The largest absolute Gasteiger partial charge is 0.357 e. The first-order valence-electron chi connectivity index (χ1n) is 7.19. The summed E-state index contributed by atoms with van der Waals surface area (Å²) < 4.78 is 12.4. The van der Waals surface area contributed by atoms with Gasteiger partial charge in [0.2, 0.25) is 0 Å². The first-order chi connectivity index (χ1) is 11.2. The van der Waals surface area contributed by atoms with E-state index in [4.69, 9.17) is 0 Å². The summed E-state index contributed by atoms with van der Waals surface area (Å²) in [6.45, 7) is 0. The zero-order valence-corrected chi connectivity index (χ0v) is 13.2. The van der Waals surface area contributed by atoms with Crippen LogP contribution in [0.25, 0.3) is 0 Å². The van der Waals surface area contributed by atoms with E-state index >= 15 is 0 Å². The molecule has 0 saturated heterocycles. The second kappa shape index (κ2) is 7.07. The Morgan fingerprint density at radius 1 is 1.00 bits per heavy atom. The van der Waals surface area contributed by atoms with E-state index in [9.17, 15) is 9.00 Å². The number of anilines is 1. The Labute approximate surface area is 137 Å². The number of H-pyrrole nitrogens is 1. The molecule has 3 rings (SSSR count). The summed E-state index contributed by atoms with van der Waals surface area (Å²) in [5.74, 6) is 0.215. The van der Waals surface area contributed by atoms with Crippen LogP contribution in [0.2, 0.25) is 0 Å². The third-order valence-electron chi connectivity index (χ3n) is 3.33. The Hall–Kier alpha value is -2.66. The van der Waals surface area contributed by atoms with Crippen LogP contribution in [-0.4, -0.2) is 15.1 Å². The van der Waals surface area contributed by atoms with Gasteiger partial charge in [-0.05, 0) is 42.0 Å². The molecular formula is C18H16N2O2S. The van der Waals surface area contributed by atoms with E-state index in [1.807, 2.05) is 54.6 Å². The van der Waals surface area contributed by atoms with Gasteiger partial charge in [-0.15, -0.1) is 0 Å². The molecule has 0 spiro atoms. The topological polar surface area (TPSA) is 62.0 Å². The molecule has 1 unspecified atom stereocenters. The molecule has 2 N–H and O–H groups in total. The van der Waals surface area contributed by atoms with Crippen molar-refractivity contribution in [2.24, 2.45) is 0 Å². The second-order valence-corrected chi connectivity index (χ2v) is 6.49. The summed E-state index contributed by atoms with van der Waals surface area (Å²) >= 11 is 0. The highest BCUT2D eigenvalue weighted by Crippen LogP contribution is 2.16. The van der Waals surface area contributed by atoms with E-state index in [-0.39, 0.29) is 5.91 Å². The average molecular weight is 324 g/mol. The molecule has 0 aliphatic carbocycles. The number of carbonyl (C=O) groups excluding carboxylic acids is 1. The molecule has 1 heterocycles. The Morgan fingerprint density at radius 3 is 2.57 bits per heavy atom. The van der Waals surface area contributed by atoms with Crippen LogP contribution in [0.5, 0.6) is 0 Å². The van der Waals surface area contributed by atoms with E-state index in [2.05, 4.69) is 10.3 Å². The van der Waals surface area contributed by atoms with E-state index in [1.165, 1.54) is 0 Å². The molecule has 3 aromatic rings. The number of benzene rings is 2. The number of rotatable bonds is 5. The predicted molar refractivity (Wildman–Crippen MR) is 91.7 cm³/mol. The minimum Gasteiger partial charge on any atom is -0.357 e. The normalized spacial score (nSPS) is 11.8. The zero-order chi connectivity index (χ0) is 16.1. The highest BCUT2D eigenvalue weighted by molar-refractivity contribution is 7.84. The Kier molecular flexibility index (Phi) is 4.68. The van der Waals surface area contributed by atoms with Crippen molar-refractivity contribution in [2.45, 2.75) is 10.6 Å². The third-order valence-corrected chi connectivity index (χ3v) is 4.72. The molecular weight excluding hydrogens is 308 g/mol. The van der Waals surface area contributed by atoms with Gasteiger partial charge in [0.25, 0.3) is 5.91 Å². The fraction of sp³-hybridized carbons (Fsp3) is 0.0556. The fourth-order valence-corrected chi connectivity index (χ4v) is 3.33. The van der Waals surface area contributed by atoms with Crippen molar-refractivity contribution >= 4 is 22.4 Å². The van der Waals surface area contributed by atoms with Crippen molar-refractivity contribution in [3.8, 4) is 0 Å². The fourth-order valence-electron chi connectivity index (χ4n) is 2.22. The van der Waals surface area contributed by atoms with Crippen LogP contribution in [0.3, 0.4) is 0 Å². The van der Waals surface area contributed by atoms with Gasteiger partial charge in [0.15, 0.2) is 0 Å². The maximum Gasteiger partial charge on any atom is 0.272 e. The molecule has 1 aromatic heterocycles. The molecule has 116 valence electrons. The van der Waals surface area contributed by atoms with Gasteiger partial charge in [0.05, 0.1) is 16.6 Å². The molecule has 0 aliphatic rings. The summed E-state index contributed by atoms with van der Waals surface area (Å²) in [4.78, 5) is 15.7. The molecule has 1 amide bonds. The molecule has 23 heavy (non-hydrogen) atoms. The van der Waals surface area contributed by atoms with E-state index in [0.717, 1.165) is 10.5 Å². The molecule has 0 saturated carbocycles. The smallest absolute Gasteiger partial charge is 0.272 e. The highest BCUT2D eigenvalue weighted by atomic mass is 32.2. The van der Waals surface area contributed by atoms with Gasteiger partial charge in [0, 0.05) is 16.8 Å². The van der Waals surface area contributed by atoms with Crippen molar-refractivity contribution in [3.05, 3.63) is 84.2 Å². The van der Waals surface area contributed by atoms with Crippen LogP contribution in [0.4, 0.5) is 5.69 Å². The Balaban J connectivity index is 1.70. The van der Waals surface area contributed by atoms with Crippen LogP contribution < -0.4 is 5.32 Å². The van der Waals surface area contributed by atoms with E-state index < -0.39 is 10.8 Å². The lowest BCUT2D eigenvalue weighted by Gasteiger charge is -2.07. The number of amides is 1. The summed E-state index contributed by atoms with van der Waals surface area (Å²) in [7, 11) is -1.10. The van der Waals surface area contributed by atoms with Crippen LogP contribution >= 0.6 is 0 Å². The van der Waals surface area contributed by atoms with Gasteiger partial charge < -0.3 is 10.3 Å². The Morgan fingerprint density at radius 2 is 1.83 bits per heavy atom. The lowest BCUT2D eigenvalue weighted by atomic mass is 10.2. The van der Waals surface area contributed by atoms with Crippen LogP contribution in [0.1, 0.15) is 16.1 Å². The zero-order valence-electron chi connectivity index (χ0n) is 12.4. The Bertz CT molecular complexity index is 814. The van der Waals surface area contributed by atoms with E-state index in [1.54, 1.807) is 18.3 Å². The first kappa shape index (κ1) is 15.2. The molecule has 0 aliphatic heterocycles. The van der Waals surface area contributed by atoms with Gasteiger partial charge in [-0.25, -0.2) is 0 Å². The van der Waals surface area contributed by atoms with E-state index in [0.29, 0.717) is 17.1 Å². The molecule has 0 bridgehead atoms. The van der Waals surface area contributed by atoms with Gasteiger partial charge in [-0.1, -0.05) is 30.3 Å². The molecule has 4 nitrogen and oxygen atoms in total. The second-order valence-electron chi connectivity index (χ2n) is 5.04. The minimum absolute atomic E-state index is 0.198. The average Bonchev–Trinajstić information content (AvgIpc) is 3.10. The van der Waals surface area contributed by atoms with Gasteiger partial charge >= 0.3 is 0 Å². The third kappa shape index (κ3) is 3.96. The number of aromatic amines is 1. The standard InChI is InChI=1S/C18H16N2O2S/c21-18(17-10-5-11-19-17)20-15-7-4-6-14(12-15)13-23(22)16-8-2-1-3-9-16/h1-12,19H,13H2,(H,20,21). The molecule has 2 aromatic carbocycles. The predicted octanol–water partition coefficient (Wildman–Crippen LogP) is 3.57. The molecule has 1 atom stereocenters. The number of aromatic nitrogens is 1. The lowest BCUT2D eigenvalue weighted by molar-refractivity contribution is 0.102. The van der Waals surface area contributed by atoms with Gasteiger partial charge in [-0.2, -0.15) is 0 Å². The number of nitrogens with one attached hydrogen (secondary N) is 2. The highest BCUT2D eigenvalue weighted by Gasteiger charge is 2.08. The maximum atomic E-state index is 12.4. The first-order valence-corrected chi connectivity index (χ1v) is 8.51. The number of carbonyl (C=O) groups is 1. The van der Waals surface area contributed by atoms with Crippen molar-refractivity contribution in [1.82, 2.24) is 4.98 Å². The molecule has 5 heteroatoms. The van der Waals surface area contributed by atoms with Crippen LogP contribution in [0, 0.1) is 0 Å². The summed E-state index contributed by atoms with van der Waals surface area (Å²) in [5.41, 5.74) is 2.10. The maximum absolute atomic E-state index is 12.4. The van der Waals surface area contributed by atoms with Crippen LogP contribution in [0.15, 0.2) is 77.8 Å². The lowest BCUT2D eigenvalue weighted by Crippen LogP contribution is -2.12. The SMILES string of the molecule is O=C(Nc1cccc(CS(=O)c2ccccc2)c1)c1ccc[nH]1. The van der Waals surface area contributed by atoms with Crippen LogP contribution in [-0.2, 0) is 16.6 Å². The summed E-state index contributed by atoms with van der Waals surface area (Å²) in [5, 5.41) is 2.83. The quantitative estimate of drug-likeness (QED) is 0.753. The van der Waals surface area contributed by atoms with Gasteiger partial charge in [0.1, 0.15) is 5.69 Å². The monoisotopic (exact) mass is 324 g/mol. The molecule has 0 radical (unpaired) electrons. The van der Waals surface area contributed by atoms with Crippen molar-refractivity contribution in [3.63, 3.8) is 0 Å². The van der Waals surface area contributed by atoms with Gasteiger partial charge in [-0.3, -0.25) is 9.00 Å². The minimum atomic E-state index is -1.10. The number of hydrogen-bond acceptors (Lipinski definition) is 2. The van der Waals surface area contributed by atoms with Crippen molar-refractivity contribution in [1.29, 1.82) is 0 Å². The molecule has 0 fully saturated rings. The van der Waals surface area contributed by atoms with Crippen molar-refractivity contribution in [2.75, 3.05) is 5.32 Å². The number of hydrogen-bond donors (Lipinski definition) is 2. The van der Waals surface area contributed by atoms with Crippen molar-refractivity contribution < 1.29 is 9.00 Å². The summed E-state index contributed by atoms with van der Waals surface area (Å²) in [6.07, 6.45) is 1.70.